The molecule has 0 aromatic heterocycles. The van der Waals surface area contributed by atoms with Crippen molar-refractivity contribution in [2.75, 3.05) is 12.3 Å². The first-order valence-corrected chi connectivity index (χ1v) is 12.1. The fourth-order valence-electron chi connectivity index (χ4n) is 3.18. The van der Waals surface area contributed by atoms with Crippen LogP contribution in [0.2, 0.25) is 5.02 Å². The molecule has 1 N–H and O–H groups in total. The molecule has 0 radical (unpaired) electrons. The summed E-state index contributed by atoms with van der Waals surface area (Å²) in [6.45, 7) is 4.79. The average Bonchev–Trinajstić information content (AvgIpc) is 2.76. The largest absolute Gasteiger partial charge is 0.354 e. The monoisotopic (exact) mass is 464 g/mol. The van der Waals surface area contributed by atoms with Crippen LogP contribution in [0.25, 0.3) is 0 Å². The highest BCUT2D eigenvalue weighted by molar-refractivity contribution is 7.99. The van der Waals surface area contributed by atoms with Crippen LogP contribution in [0.5, 0.6) is 0 Å². The van der Waals surface area contributed by atoms with Crippen molar-refractivity contribution in [3.05, 3.63) is 70.5 Å². The van der Waals surface area contributed by atoms with Crippen molar-refractivity contribution in [3.63, 3.8) is 0 Å². The molecule has 31 heavy (non-hydrogen) atoms. The minimum absolute atomic E-state index is 0.150. The lowest BCUT2D eigenvalue weighted by atomic mass is 10.1. The van der Waals surface area contributed by atoms with Gasteiger partial charge in [0.05, 0.1) is 5.75 Å². The molecule has 2 amide bonds. The molecule has 2 aromatic carbocycles. The molecule has 0 aliphatic carbocycles. The topological polar surface area (TPSA) is 49.4 Å². The van der Waals surface area contributed by atoms with E-state index in [1.807, 2.05) is 25.1 Å². The van der Waals surface area contributed by atoms with Crippen LogP contribution in [0.1, 0.15) is 44.2 Å². The highest BCUT2D eigenvalue weighted by Crippen LogP contribution is 2.22. The van der Waals surface area contributed by atoms with E-state index in [1.54, 1.807) is 29.2 Å². The Morgan fingerprint density at radius 3 is 2.42 bits per heavy atom. The number of rotatable bonds is 12. The van der Waals surface area contributed by atoms with E-state index in [9.17, 15) is 14.0 Å². The molecule has 0 spiro atoms. The van der Waals surface area contributed by atoms with Crippen LogP contribution in [0.4, 0.5) is 4.39 Å². The van der Waals surface area contributed by atoms with E-state index in [2.05, 4.69) is 12.2 Å². The Morgan fingerprint density at radius 2 is 1.77 bits per heavy atom. The Balaban J connectivity index is 2.13. The second-order valence-electron chi connectivity index (χ2n) is 7.27. The predicted octanol–water partition coefficient (Wildman–Crippen LogP) is 5.44. The molecule has 0 unspecified atom stereocenters. The van der Waals surface area contributed by atoms with Crippen LogP contribution in [-0.2, 0) is 21.9 Å². The minimum atomic E-state index is -0.588. The highest BCUT2D eigenvalue weighted by atomic mass is 35.5. The number of unbranched alkanes of at least 4 members (excludes halogenated alkanes) is 1. The lowest BCUT2D eigenvalue weighted by Crippen LogP contribution is -2.49. The minimum Gasteiger partial charge on any atom is -0.354 e. The Labute approximate surface area is 193 Å². The molecule has 0 aliphatic heterocycles. The van der Waals surface area contributed by atoms with Crippen LogP contribution in [0.3, 0.4) is 0 Å². The van der Waals surface area contributed by atoms with E-state index in [0.717, 1.165) is 18.4 Å². The number of hydrogen-bond donors (Lipinski definition) is 1. The first-order valence-electron chi connectivity index (χ1n) is 10.6. The number of carbonyl (C=O) groups is 2. The third-order valence-corrected chi connectivity index (χ3v) is 6.29. The summed E-state index contributed by atoms with van der Waals surface area (Å²) >= 11 is 7.66. The zero-order valence-electron chi connectivity index (χ0n) is 18.1. The lowest BCUT2D eigenvalue weighted by Gasteiger charge is -2.31. The van der Waals surface area contributed by atoms with Gasteiger partial charge in [-0.05, 0) is 36.1 Å². The first-order chi connectivity index (χ1) is 15.0. The van der Waals surface area contributed by atoms with Crippen molar-refractivity contribution in [2.45, 2.75) is 51.4 Å². The molecule has 0 aliphatic rings. The number of benzene rings is 2. The van der Waals surface area contributed by atoms with Gasteiger partial charge in [0.2, 0.25) is 11.8 Å². The number of halogens is 2. The van der Waals surface area contributed by atoms with Crippen molar-refractivity contribution in [2.24, 2.45) is 0 Å². The zero-order chi connectivity index (χ0) is 22.6. The average molecular weight is 465 g/mol. The van der Waals surface area contributed by atoms with Gasteiger partial charge in [0, 0.05) is 23.9 Å². The standard InChI is InChI=1S/C24H30ClFN2O2S/c1-3-5-14-27-24(30)22(4-2)28(15-18-10-6-8-12-20(18)25)23(29)17-31-16-19-11-7-9-13-21(19)26/h6-13,22H,3-5,14-17H2,1-2H3,(H,27,30)/t22-/m0/s1. The van der Waals surface area contributed by atoms with Crippen LogP contribution in [-0.4, -0.2) is 35.1 Å². The zero-order valence-corrected chi connectivity index (χ0v) is 19.6. The first kappa shape index (κ1) is 25.2. The van der Waals surface area contributed by atoms with Crippen LogP contribution in [0, 0.1) is 5.82 Å². The molecule has 168 valence electrons. The summed E-state index contributed by atoms with van der Waals surface area (Å²) in [5.41, 5.74) is 1.35. The molecular weight excluding hydrogens is 435 g/mol. The van der Waals surface area contributed by atoms with Gasteiger partial charge >= 0.3 is 0 Å². The number of hydrogen-bond acceptors (Lipinski definition) is 3. The molecule has 0 heterocycles. The van der Waals surface area contributed by atoms with Crippen LogP contribution in [0.15, 0.2) is 48.5 Å². The van der Waals surface area contributed by atoms with E-state index in [-0.39, 0.29) is 29.9 Å². The maximum absolute atomic E-state index is 13.9. The van der Waals surface area contributed by atoms with Gasteiger partial charge < -0.3 is 10.2 Å². The molecule has 4 nitrogen and oxygen atoms in total. The Bertz CT molecular complexity index is 865. The number of nitrogens with one attached hydrogen (secondary N) is 1. The van der Waals surface area contributed by atoms with Gasteiger partial charge in [-0.1, -0.05) is 68.3 Å². The summed E-state index contributed by atoms with van der Waals surface area (Å²) in [5.74, 6) is -0.0682. The Hall–Kier alpha value is -2.05. The second kappa shape index (κ2) is 13.4. The smallest absolute Gasteiger partial charge is 0.242 e. The maximum Gasteiger partial charge on any atom is 0.242 e. The predicted molar refractivity (Wildman–Crippen MR) is 127 cm³/mol. The summed E-state index contributed by atoms with van der Waals surface area (Å²) in [7, 11) is 0. The molecule has 0 saturated heterocycles. The molecular formula is C24H30ClFN2O2S. The quantitative estimate of drug-likeness (QED) is 0.426. The van der Waals surface area contributed by atoms with E-state index in [0.29, 0.717) is 29.3 Å². The van der Waals surface area contributed by atoms with E-state index in [4.69, 9.17) is 11.6 Å². The van der Waals surface area contributed by atoms with Gasteiger partial charge in [0.25, 0.3) is 0 Å². The summed E-state index contributed by atoms with van der Waals surface area (Å²) in [6, 6.07) is 13.3. The molecule has 7 heteroatoms. The summed E-state index contributed by atoms with van der Waals surface area (Å²) in [4.78, 5) is 27.6. The third kappa shape index (κ3) is 7.86. The second-order valence-corrected chi connectivity index (χ2v) is 8.66. The molecule has 0 saturated carbocycles. The van der Waals surface area contributed by atoms with Crippen molar-refractivity contribution < 1.29 is 14.0 Å². The van der Waals surface area contributed by atoms with Gasteiger partial charge in [-0.2, -0.15) is 0 Å². The van der Waals surface area contributed by atoms with Crippen molar-refractivity contribution in [1.82, 2.24) is 10.2 Å². The van der Waals surface area contributed by atoms with Crippen molar-refractivity contribution >= 4 is 35.2 Å². The summed E-state index contributed by atoms with van der Waals surface area (Å²) < 4.78 is 13.9. The maximum atomic E-state index is 13.9. The van der Waals surface area contributed by atoms with Crippen molar-refractivity contribution in [1.29, 1.82) is 0 Å². The van der Waals surface area contributed by atoms with Crippen molar-refractivity contribution in [3.8, 4) is 0 Å². The van der Waals surface area contributed by atoms with Gasteiger partial charge in [-0.15, -0.1) is 11.8 Å². The SMILES string of the molecule is CCCCNC(=O)[C@H](CC)N(Cc1ccccc1Cl)C(=O)CSCc1ccccc1F. The Kier molecular flexibility index (Phi) is 10.9. The third-order valence-electron chi connectivity index (χ3n) is 4.95. The molecule has 0 fully saturated rings. The molecule has 0 bridgehead atoms. The number of nitrogens with zero attached hydrogens (tertiary/aromatic N) is 1. The lowest BCUT2D eigenvalue weighted by molar-refractivity contribution is -0.139. The van der Waals surface area contributed by atoms with Gasteiger partial charge in [-0.25, -0.2) is 4.39 Å². The number of thioether (sulfide) groups is 1. The molecule has 2 rings (SSSR count). The number of amides is 2. The van der Waals surface area contributed by atoms with Gasteiger partial charge in [0.15, 0.2) is 0 Å². The van der Waals surface area contributed by atoms with Gasteiger partial charge in [-0.3, -0.25) is 9.59 Å². The normalized spacial score (nSPS) is 11.7. The van der Waals surface area contributed by atoms with Crippen LogP contribution < -0.4 is 5.32 Å². The van der Waals surface area contributed by atoms with Crippen LogP contribution >= 0.6 is 23.4 Å². The van der Waals surface area contributed by atoms with Gasteiger partial charge in [0.1, 0.15) is 11.9 Å². The Morgan fingerprint density at radius 1 is 1.10 bits per heavy atom. The summed E-state index contributed by atoms with van der Waals surface area (Å²) in [5, 5.41) is 3.49. The highest BCUT2D eigenvalue weighted by Gasteiger charge is 2.28. The van der Waals surface area contributed by atoms with E-state index in [1.165, 1.54) is 17.8 Å². The fourth-order valence-corrected chi connectivity index (χ4v) is 4.27. The summed E-state index contributed by atoms with van der Waals surface area (Å²) in [6.07, 6.45) is 2.36. The molecule has 2 aromatic rings. The molecule has 1 atom stereocenters. The van der Waals surface area contributed by atoms with E-state index >= 15 is 0 Å². The number of carbonyl (C=O) groups excluding carboxylic acids is 2. The fraction of sp³-hybridized carbons (Fsp3) is 0.417. The van der Waals surface area contributed by atoms with E-state index < -0.39 is 6.04 Å².